The van der Waals surface area contributed by atoms with Gasteiger partial charge in [-0.1, -0.05) is 96.7 Å². The van der Waals surface area contributed by atoms with E-state index in [2.05, 4.69) is 101 Å². The summed E-state index contributed by atoms with van der Waals surface area (Å²) in [6, 6.07) is 31.8. The molecule has 1 aliphatic heterocycles. The molecule has 0 saturated carbocycles. The molecule has 4 nitrogen and oxygen atoms in total. The molecule has 0 saturated heterocycles. The van der Waals surface area contributed by atoms with E-state index in [-0.39, 0.29) is 6.17 Å². The van der Waals surface area contributed by atoms with Crippen LogP contribution in [-0.2, 0) is 19.5 Å². The summed E-state index contributed by atoms with van der Waals surface area (Å²) < 4.78 is 0. The van der Waals surface area contributed by atoms with Gasteiger partial charge in [0.15, 0.2) is 0 Å². The lowest BCUT2D eigenvalue weighted by atomic mass is 10.0. The van der Waals surface area contributed by atoms with Gasteiger partial charge in [-0.2, -0.15) is 0 Å². The first-order chi connectivity index (χ1) is 16.8. The quantitative estimate of drug-likeness (QED) is 0.229. The highest BCUT2D eigenvalue weighted by Crippen LogP contribution is 2.38. The average Bonchev–Trinajstić information content (AvgIpc) is 2.88. The molecule has 0 fully saturated rings. The maximum Gasteiger partial charge on any atom is 0.139 e. The van der Waals surface area contributed by atoms with Gasteiger partial charge in [-0.25, -0.2) is 9.97 Å². The zero-order valence-electron chi connectivity index (χ0n) is 19.1. The van der Waals surface area contributed by atoms with Crippen molar-refractivity contribution >= 4 is 17.6 Å². The SMILES string of the molecule is C=CCN1c2ncnc(Sc3ccccc3)c2CN(Cc2ccccc2)C1Cc1ccccc1. The van der Waals surface area contributed by atoms with Crippen LogP contribution in [0.4, 0.5) is 5.82 Å². The van der Waals surface area contributed by atoms with E-state index < -0.39 is 0 Å². The molecule has 0 N–H and O–H groups in total. The molecule has 0 spiro atoms. The molecule has 5 heteroatoms. The number of fused-ring (bicyclic) bond motifs is 1. The topological polar surface area (TPSA) is 32.3 Å². The van der Waals surface area contributed by atoms with E-state index in [0.717, 1.165) is 36.9 Å². The van der Waals surface area contributed by atoms with Crippen molar-refractivity contribution in [3.8, 4) is 0 Å². The molecule has 3 aromatic carbocycles. The van der Waals surface area contributed by atoms with Gasteiger partial charge in [0.25, 0.3) is 0 Å². The minimum absolute atomic E-state index is 0.164. The molecule has 1 unspecified atom stereocenters. The van der Waals surface area contributed by atoms with E-state index in [0.29, 0.717) is 0 Å². The third-order valence-electron chi connectivity index (χ3n) is 6.07. The van der Waals surface area contributed by atoms with Crippen molar-refractivity contribution < 1.29 is 0 Å². The molecular formula is C29H28N4S. The first-order valence-corrected chi connectivity index (χ1v) is 12.4. The zero-order valence-corrected chi connectivity index (χ0v) is 19.9. The highest BCUT2D eigenvalue weighted by molar-refractivity contribution is 7.99. The van der Waals surface area contributed by atoms with Gasteiger partial charge in [-0.05, 0) is 23.3 Å². The van der Waals surface area contributed by atoms with Crippen molar-refractivity contribution in [1.29, 1.82) is 0 Å². The summed E-state index contributed by atoms with van der Waals surface area (Å²) in [6.07, 6.45) is 4.75. The highest BCUT2D eigenvalue weighted by atomic mass is 32.2. The van der Waals surface area contributed by atoms with Gasteiger partial charge in [0.1, 0.15) is 17.2 Å². The number of hydrogen-bond donors (Lipinski definition) is 0. The smallest absolute Gasteiger partial charge is 0.139 e. The van der Waals surface area contributed by atoms with Crippen molar-refractivity contribution in [3.05, 3.63) is 127 Å². The standard InChI is InChI=1S/C29H28N4S/c1-2-18-33-27(19-23-12-6-3-7-13-23)32(20-24-14-8-4-9-15-24)21-26-28(33)30-22-31-29(26)34-25-16-10-5-11-17-25/h2-17,22,27H,1,18-21H2. The Labute approximate surface area is 206 Å². The molecule has 2 heterocycles. The highest BCUT2D eigenvalue weighted by Gasteiger charge is 2.34. The first kappa shape index (κ1) is 22.4. The Kier molecular flexibility index (Phi) is 7.03. The van der Waals surface area contributed by atoms with Crippen molar-refractivity contribution in [2.45, 2.75) is 35.6 Å². The summed E-state index contributed by atoms with van der Waals surface area (Å²) in [4.78, 5) is 15.6. The van der Waals surface area contributed by atoms with Crippen LogP contribution in [0.1, 0.15) is 16.7 Å². The van der Waals surface area contributed by atoms with Crippen LogP contribution in [0, 0.1) is 0 Å². The lowest BCUT2D eigenvalue weighted by Gasteiger charge is -2.45. The maximum atomic E-state index is 4.78. The summed E-state index contributed by atoms with van der Waals surface area (Å²) >= 11 is 1.71. The summed E-state index contributed by atoms with van der Waals surface area (Å²) in [6.45, 7) is 6.44. The Morgan fingerprint density at radius 3 is 2.18 bits per heavy atom. The lowest BCUT2D eigenvalue weighted by Crippen LogP contribution is -2.53. The number of rotatable bonds is 8. The third-order valence-corrected chi connectivity index (χ3v) is 7.12. The van der Waals surface area contributed by atoms with Gasteiger partial charge < -0.3 is 4.90 Å². The van der Waals surface area contributed by atoms with Crippen LogP contribution >= 0.6 is 11.8 Å². The molecule has 0 aliphatic carbocycles. The number of hydrogen-bond acceptors (Lipinski definition) is 5. The molecule has 0 bridgehead atoms. The number of benzene rings is 3. The van der Waals surface area contributed by atoms with Crippen molar-refractivity contribution in [2.24, 2.45) is 0 Å². The van der Waals surface area contributed by atoms with Crippen LogP contribution in [0.5, 0.6) is 0 Å². The van der Waals surface area contributed by atoms with Crippen molar-refractivity contribution in [1.82, 2.24) is 14.9 Å². The minimum Gasteiger partial charge on any atom is -0.336 e. The third kappa shape index (κ3) is 5.06. The van der Waals surface area contributed by atoms with Gasteiger partial charge in [0, 0.05) is 36.5 Å². The van der Waals surface area contributed by atoms with Crippen LogP contribution in [0.25, 0.3) is 0 Å². The van der Waals surface area contributed by atoms with Crippen molar-refractivity contribution in [2.75, 3.05) is 11.4 Å². The Bertz CT molecular complexity index is 1210. The predicted molar refractivity (Wildman–Crippen MR) is 140 cm³/mol. The Hall–Kier alpha value is -3.41. The fourth-order valence-electron chi connectivity index (χ4n) is 4.50. The predicted octanol–water partition coefficient (Wildman–Crippen LogP) is 6.20. The summed E-state index contributed by atoms with van der Waals surface area (Å²) in [5.74, 6) is 1.01. The monoisotopic (exact) mass is 464 g/mol. The second kappa shape index (κ2) is 10.7. The fourth-order valence-corrected chi connectivity index (χ4v) is 5.39. The lowest BCUT2D eigenvalue weighted by molar-refractivity contribution is 0.157. The van der Waals surface area contributed by atoms with E-state index in [1.807, 2.05) is 12.1 Å². The average molecular weight is 465 g/mol. The number of aromatic nitrogens is 2. The Morgan fingerprint density at radius 1 is 0.853 bits per heavy atom. The van der Waals surface area contributed by atoms with Gasteiger partial charge in [0.2, 0.25) is 0 Å². The molecule has 0 amide bonds. The maximum absolute atomic E-state index is 4.78. The van der Waals surface area contributed by atoms with E-state index in [4.69, 9.17) is 9.97 Å². The van der Waals surface area contributed by atoms with E-state index >= 15 is 0 Å². The second-order valence-electron chi connectivity index (χ2n) is 8.40. The normalized spacial score (nSPS) is 15.6. The number of anilines is 1. The van der Waals surface area contributed by atoms with Crippen LogP contribution in [0.15, 0.2) is 120 Å². The van der Waals surface area contributed by atoms with E-state index in [9.17, 15) is 0 Å². The fraction of sp³-hybridized carbons (Fsp3) is 0.172. The molecule has 170 valence electrons. The molecule has 4 aromatic rings. The van der Waals surface area contributed by atoms with Gasteiger partial charge in [0.05, 0.1) is 6.17 Å². The molecular weight excluding hydrogens is 436 g/mol. The molecule has 1 aliphatic rings. The van der Waals surface area contributed by atoms with E-state index in [1.165, 1.54) is 21.6 Å². The zero-order chi connectivity index (χ0) is 23.2. The summed E-state index contributed by atoms with van der Waals surface area (Å²) in [5, 5.41) is 1.02. The summed E-state index contributed by atoms with van der Waals surface area (Å²) in [5.41, 5.74) is 3.80. The van der Waals surface area contributed by atoms with Gasteiger partial charge >= 0.3 is 0 Å². The van der Waals surface area contributed by atoms with Crippen LogP contribution < -0.4 is 4.90 Å². The van der Waals surface area contributed by atoms with E-state index in [1.54, 1.807) is 18.1 Å². The molecule has 0 radical (unpaired) electrons. The van der Waals surface area contributed by atoms with Crippen LogP contribution in [0.2, 0.25) is 0 Å². The van der Waals surface area contributed by atoms with Gasteiger partial charge in [-0.15, -0.1) is 6.58 Å². The molecule has 34 heavy (non-hydrogen) atoms. The Morgan fingerprint density at radius 2 is 1.50 bits per heavy atom. The minimum atomic E-state index is 0.164. The number of nitrogens with zero attached hydrogens (tertiary/aromatic N) is 4. The molecule has 5 rings (SSSR count). The molecule has 1 aromatic heterocycles. The first-order valence-electron chi connectivity index (χ1n) is 11.6. The second-order valence-corrected chi connectivity index (χ2v) is 9.46. The molecule has 1 atom stereocenters. The van der Waals surface area contributed by atoms with Gasteiger partial charge in [-0.3, -0.25) is 4.90 Å². The van der Waals surface area contributed by atoms with Crippen LogP contribution in [-0.4, -0.2) is 27.6 Å². The Balaban J connectivity index is 1.55. The summed E-state index contributed by atoms with van der Waals surface area (Å²) in [7, 11) is 0. The van der Waals surface area contributed by atoms with Crippen LogP contribution in [0.3, 0.4) is 0 Å². The van der Waals surface area contributed by atoms with Crippen molar-refractivity contribution in [3.63, 3.8) is 0 Å². The largest absolute Gasteiger partial charge is 0.336 e.